The zero-order valence-corrected chi connectivity index (χ0v) is 17.6. The van der Waals surface area contributed by atoms with Crippen LogP contribution in [0.15, 0.2) is 82.2 Å². The van der Waals surface area contributed by atoms with E-state index in [9.17, 15) is 9.18 Å². The van der Waals surface area contributed by atoms with Gasteiger partial charge in [0.1, 0.15) is 11.6 Å². The zero-order chi connectivity index (χ0) is 19.9. The van der Waals surface area contributed by atoms with Gasteiger partial charge in [0.25, 0.3) is 0 Å². The molecule has 0 aromatic heterocycles. The fourth-order valence-corrected chi connectivity index (χ4v) is 3.76. The molecule has 3 aromatic carbocycles. The largest absolute Gasteiger partial charge is 0.497 e. The normalized spacial score (nSPS) is 11.3. The summed E-state index contributed by atoms with van der Waals surface area (Å²) in [4.78, 5) is 13.7. The molecule has 0 fully saturated rings. The van der Waals surface area contributed by atoms with Crippen LogP contribution in [0.2, 0.25) is 0 Å². The summed E-state index contributed by atoms with van der Waals surface area (Å²) in [5.74, 6) is 1.02. The van der Waals surface area contributed by atoms with Crippen molar-refractivity contribution < 1.29 is 13.9 Å². The number of ketones is 1. The van der Waals surface area contributed by atoms with Gasteiger partial charge in [-0.25, -0.2) is 4.39 Å². The predicted molar refractivity (Wildman–Crippen MR) is 117 cm³/mol. The summed E-state index contributed by atoms with van der Waals surface area (Å²) >= 11 is 4.83. The maximum absolute atomic E-state index is 13.1. The number of thioether (sulfide) groups is 1. The first-order valence-electron chi connectivity index (χ1n) is 8.58. The smallest absolute Gasteiger partial charge is 0.199 e. The van der Waals surface area contributed by atoms with E-state index in [1.54, 1.807) is 31.4 Å². The van der Waals surface area contributed by atoms with Crippen LogP contribution in [0.1, 0.15) is 21.5 Å². The third-order valence-corrected chi connectivity index (χ3v) is 5.67. The van der Waals surface area contributed by atoms with Gasteiger partial charge in [0.15, 0.2) is 5.78 Å². The van der Waals surface area contributed by atoms with Crippen LogP contribution in [0.5, 0.6) is 5.75 Å². The van der Waals surface area contributed by atoms with Gasteiger partial charge in [-0.15, -0.1) is 11.8 Å². The average molecular weight is 457 g/mol. The number of hydrogen-bond donors (Lipinski definition) is 0. The molecule has 0 amide bonds. The molecule has 3 aromatic rings. The fraction of sp³-hybridized carbons (Fsp3) is 0.0870. The second-order valence-electron chi connectivity index (χ2n) is 6.03. The molecule has 0 unspecified atom stereocenters. The first-order valence-corrected chi connectivity index (χ1v) is 10.4. The van der Waals surface area contributed by atoms with E-state index in [4.69, 9.17) is 4.74 Å². The number of Topliss-reactive ketones (excluding diaryl/α,β-unsaturated/α-hetero) is 1. The van der Waals surface area contributed by atoms with Crippen molar-refractivity contribution in [3.8, 4) is 5.75 Å². The number of methoxy groups -OCH3 is 1. The minimum atomic E-state index is -0.270. The second-order valence-corrected chi connectivity index (χ2v) is 7.97. The third-order valence-electron chi connectivity index (χ3n) is 4.05. The molecule has 142 valence electrons. The maximum atomic E-state index is 13.1. The van der Waals surface area contributed by atoms with Crippen LogP contribution in [0.3, 0.4) is 0 Å². The van der Waals surface area contributed by atoms with Gasteiger partial charge < -0.3 is 4.74 Å². The molecule has 0 aliphatic heterocycles. The van der Waals surface area contributed by atoms with Gasteiger partial charge in [0.05, 0.1) is 12.0 Å². The number of halogens is 2. The molecule has 2 nitrogen and oxygen atoms in total. The van der Waals surface area contributed by atoms with Crippen LogP contribution < -0.4 is 4.74 Å². The van der Waals surface area contributed by atoms with E-state index in [1.165, 1.54) is 23.9 Å². The Labute approximate surface area is 176 Å². The van der Waals surface area contributed by atoms with E-state index in [-0.39, 0.29) is 11.6 Å². The lowest BCUT2D eigenvalue weighted by atomic mass is 10.1. The van der Waals surface area contributed by atoms with Crippen LogP contribution in [-0.2, 0) is 5.75 Å². The lowest BCUT2D eigenvalue weighted by Crippen LogP contribution is -2.01. The van der Waals surface area contributed by atoms with Crippen LogP contribution in [0, 0.1) is 5.82 Å². The highest BCUT2D eigenvalue weighted by molar-refractivity contribution is 9.10. The number of carbonyl (C=O) groups excluding carboxylic acids is 1. The Morgan fingerprint density at radius 2 is 1.64 bits per heavy atom. The van der Waals surface area contributed by atoms with Gasteiger partial charge in [-0.05, 0) is 65.7 Å². The number of rotatable bonds is 7. The van der Waals surface area contributed by atoms with Gasteiger partial charge >= 0.3 is 0 Å². The van der Waals surface area contributed by atoms with Crippen molar-refractivity contribution in [3.63, 3.8) is 0 Å². The molecule has 5 heteroatoms. The summed E-state index contributed by atoms with van der Waals surface area (Å²) in [6, 6.07) is 21.2. The van der Waals surface area contributed by atoms with Crippen molar-refractivity contribution in [1.82, 2.24) is 0 Å². The quantitative estimate of drug-likeness (QED) is 0.290. The van der Waals surface area contributed by atoms with E-state index in [2.05, 4.69) is 15.9 Å². The molecule has 3 rings (SSSR count). The van der Waals surface area contributed by atoms with Crippen molar-refractivity contribution in [2.45, 2.75) is 5.75 Å². The SMILES string of the molecule is COc1ccc(/C=C(/SCc2ccc(F)cc2)C(=O)c2ccc(Br)cc2)cc1. The molecule has 0 bridgehead atoms. The molecule has 0 aliphatic rings. The summed E-state index contributed by atoms with van der Waals surface area (Å²) < 4.78 is 19.2. The minimum Gasteiger partial charge on any atom is -0.497 e. The van der Waals surface area contributed by atoms with Gasteiger partial charge in [0, 0.05) is 15.8 Å². The molecule has 0 N–H and O–H groups in total. The van der Waals surface area contributed by atoms with Crippen LogP contribution in [-0.4, -0.2) is 12.9 Å². The summed E-state index contributed by atoms with van der Waals surface area (Å²) in [6.45, 7) is 0. The highest BCUT2D eigenvalue weighted by Crippen LogP contribution is 2.28. The van der Waals surface area contributed by atoms with Crippen molar-refractivity contribution in [1.29, 1.82) is 0 Å². The van der Waals surface area contributed by atoms with Gasteiger partial charge in [-0.2, -0.15) is 0 Å². The van der Waals surface area contributed by atoms with E-state index in [1.807, 2.05) is 42.5 Å². The van der Waals surface area contributed by atoms with Crippen LogP contribution in [0.4, 0.5) is 4.39 Å². The first kappa shape index (κ1) is 20.4. The van der Waals surface area contributed by atoms with E-state index in [0.29, 0.717) is 16.2 Å². The third kappa shape index (κ3) is 5.57. The fourth-order valence-electron chi connectivity index (χ4n) is 2.51. The molecule has 0 aliphatic carbocycles. The number of carbonyl (C=O) groups is 1. The van der Waals surface area contributed by atoms with Gasteiger partial charge in [-0.3, -0.25) is 4.79 Å². The highest BCUT2D eigenvalue weighted by atomic mass is 79.9. The van der Waals surface area contributed by atoms with Crippen molar-refractivity contribution in [2.75, 3.05) is 7.11 Å². The van der Waals surface area contributed by atoms with Crippen molar-refractivity contribution >= 4 is 39.6 Å². The van der Waals surface area contributed by atoms with Crippen molar-refractivity contribution in [2.24, 2.45) is 0 Å². The second kappa shape index (κ2) is 9.71. The molecule has 28 heavy (non-hydrogen) atoms. The average Bonchev–Trinajstić information content (AvgIpc) is 2.73. The minimum absolute atomic E-state index is 0.0459. The predicted octanol–water partition coefficient (Wildman–Crippen LogP) is 6.75. The van der Waals surface area contributed by atoms with E-state index < -0.39 is 0 Å². The standard InChI is InChI=1S/C23H18BrFO2S/c1-27-21-12-4-16(5-13-21)14-22(23(26)18-6-8-19(24)9-7-18)28-15-17-2-10-20(25)11-3-17/h2-14H,15H2,1H3/b22-14+. The molecule has 0 atom stereocenters. The van der Waals surface area contributed by atoms with Crippen LogP contribution in [0.25, 0.3) is 6.08 Å². The van der Waals surface area contributed by atoms with Gasteiger partial charge in [0.2, 0.25) is 0 Å². The Balaban J connectivity index is 1.87. The first-order chi connectivity index (χ1) is 13.5. The van der Waals surface area contributed by atoms with E-state index >= 15 is 0 Å². The van der Waals surface area contributed by atoms with Gasteiger partial charge in [-0.1, -0.05) is 40.2 Å². The van der Waals surface area contributed by atoms with Crippen molar-refractivity contribution in [3.05, 3.63) is 105 Å². The topological polar surface area (TPSA) is 26.3 Å². The number of allylic oxidation sites excluding steroid dienone is 1. The van der Waals surface area contributed by atoms with E-state index in [0.717, 1.165) is 21.3 Å². The highest BCUT2D eigenvalue weighted by Gasteiger charge is 2.14. The maximum Gasteiger partial charge on any atom is 0.199 e. The Hall–Kier alpha value is -2.37. The Bertz CT molecular complexity index is 965. The Kier molecular flexibility index (Phi) is 7.06. The molecule has 0 heterocycles. The monoisotopic (exact) mass is 456 g/mol. The molecule has 0 saturated carbocycles. The lowest BCUT2D eigenvalue weighted by Gasteiger charge is -2.08. The molecule has 0 saturated heterocycles. The Morgan fingerprint density at radius 3 is 2.25 bits per heavy atom. The summed E-state index contributed by atoms with van der Waals surface area (Å²) in [5, 5.41) is 0. The summed E-state index contributed by atoms with van der Waals surface area (Å²) in [7, 11) is 1.62. The molecular formula is C23H18BrFO2S. The van der Waals surface area contributed by atoms with Crippen LogP contribution >= 0.6 is 27.7 Å². The Morgan fingerprint density at radius 1 is 1.00 bits per heavy atom. The molecule has 0 radical (unpaired) electrons. The number of benzene rings is 3. The lowest BCUT2D eigenvalue weighted by molar-refractivity contribution is 0.104. The zero-order valence-electron chi connectivity index (χ0n) is 15.2. The molecular weight excluding hydrogens is 439 g/mol. The number of hydrogen-bond acceptors (Lipinski definition) is 3. The molecule has 0 spiro atoms. The summed E-state index contributed by atoms with van der Waals surface area (Å²) in [5.41, 5.74) is 2.48. The number of ether oxygens (including phenoxy) is 1. The summed E-state index contributed by atoms with van der Waals surface area (Å²) in [6.07, 6.45) is 1.87.